The molecule has 0 aliphatic rings. The molecule has 90 valence electrons. The number of nitrogens with zero attached hydrogens (tertiary/aromatic N) is 2. The third kappa shape index (κ3) is 3.05. The molecule has 0 atom stereocenters. The van der Waals surface area contributed by atoms with Crippen LogP contribution in [0.4, 0.5) is 0 Å². The van der Waals surface area contributed by atoms with E-state index in [1.54, 1.807) is 11.3 Å². The highest BCUT2D eigenvalue weighted by atomic mass is 35.5. The quantitative estimate of drug-likeness (QED) is 0.779. The smallest absolute Gasteiger partial charge is 0.143 e. The van der Waals surface area contributed by atoms with Gasteiger partial charge >= 0.3 is 0 Å². The second kappa shape index (κ2) is 5.61. The van der Waals surface area contributed by atoms with E-state index in [0.717, 1.165) is 22.0 Å². The molecular formula is C13H15ClN2S. The van der Waals surface area contributed by atoms with Crippen molar-refractivity contribution >= 4 is 22.9 Å². The molecule has 0 aliphatic carbocycles. The lowest BCUT2D eigenvalue weighted by molar-refractivity contribution is 0.867. The van der Waals surface area contributed by atoms with Gasteiger partial charge in [0, 0.05) is 17.9 Å². The van der Waals surface area contributed by atoms with Crippen molar-refractivity contribution in [2.24, 2.45) is 0 Å². The number of aryl methyl sites for hydroxylation is 1. The minimum atomic E-state index is 0.560. The molecule has 0 aliphatic heterocycles. The van der Waals surface area contributed by atoms with Crippen molar-refractivity contribution < 1.29 is 0 Å². The van der Waals surface area contributed by atoms with Crippen LogP contribution in [0, 0.1) is 0 Å². The van der Waals surface area contributed by atoms with E-state index in [1.807, 2.05) is 0 Å². The minimum absolute atomic E-state index is 0.560. The van der Waals surface area contributed by atoms with Crippen LogP contribution in [0.3, 0.4) is 0 Å². The summed E-state index contributed by atoms with van der Waals surface area (Å²) in [5.74, 6) is 1.16. The molecule has 1 aromatic heterocycles. The van der Waals surface area contributed by atoms with Crippen molar-refractivity contribution in [1.82, 2.24) is 10.2 Å². The summed E-state index contributed by atoms with van der Waals surface area (Å²) >= 11 is 7.30. The van der Waals surface area contributed by atoms with Crippen molar-refractivity contribution in [1.29, 1.82) is 0 Å². The number of alkyl halides is 1. The topological polar surface area (TPSA) is 25.8 Å². The number of hydrogen-bond acceptors (Lipinski definition) is 3. The van der Waals surface area contributed by atoms with E-state index < -0.39 is 0 Å². The van der Waals surface area contributed by atoms with E-state index in [4.69, 9.17) is 11.6 Å². The predicted molar refractivity (Wildman–Crippen MR) is 73.9 cm³/mol. The van der Waals surface area contributed by atoms with Crippen LogP contribution in [-0.4, -0.2) is 16.1 Å². The third-order valence-electron chi connectivity index (χ3n) is 2.60. The molecule has 17 heavy (non-hydrogen) atoms. The van der Waals surface area contributed by atoms with Crippen molar-refractivity contribution in [2.45, 2.75) is 26.2 Å². The Bertz CT molecular complexity index is 476. The molecule has 0 radical (unpaired) electrons. The summed E-state index contributed by atoms with van der Waals surface area (Å²) in [7, 11) is 0. The fourth-order valence-electron chi connectivity index (χ4n) is 1.56. The number of benzene rings is 1. The molecule has 0 spiro atoms. The Hall–Kier alpha value is -0.930. The minimum Gasteiger partial charge on any atom is -0.143 e. The lowest BCUT2D eigenvalue weighted by Crippen LogP contribution is -1.86. The van der Waals surface area contributed by atoms with Gasteiger partial charge in [-0.25, -0.2) is 0 Å². The summed E-state index contributed by atoms with van der Waals surface area (Å²) < 4.78 is 0. The molecule has 2 nitrogen and oxygen atoms in total. The Morgan fingerprint density at radius 2 is 1.88 bits per heavy atom. The third-order valence-corrected chi connectivity index (χ3v) is 3.82. The number of aromatic nitrogens is 2. The summed E-state index contributed by atoms with van der Waals surface area (Å²) in [6.45, 7) is 4.39. The van der Waals surface area contributed by atoms with Crippen molar-refractivity contribution in [2.75, 3.05) is 5.88 Å². The van der Waals surface area contributed by atoms with Crippen LogP contribution in [-0.2, 0) is 6.42 Å². The highest BCUT2D eigenvalue weighted by Crippen LogP contribution is 2.25. The van der Waals surface area contributed by atoms with E-state index in [0.29, 0.717) is 11.8 Å². The zero-order chi connectivity index (χ0) is 12.3. The number of hydrogen-bond donors (Lipinski definition) is 0. The van der Waals surface area contributed by atoms with E-state index in [-0.39, 0.29) is 0 Å². The van der Waals surface area contributed by atoms with Crippen LogP contribution in [0.15, 0.2) is 24.3 Å². The van der Waals surface area contributed by atoms with Crippen molar-refractivity contribution in [3.05, 3.63) is 34.8 Å². The van der Waals surface area contributed by atoms with Gasteiger partial charge in [0.15, 0.2) is 0 Å². The summed E-state index contributed by atoms with van der Waals surface area (Å²) in [6, 6.07) is 8.53. The van der Waals surface area contributed by atoms with Crippen molar-refractivity contribution in [3.8, 4) is 10.6 Å². The van der Waals surface area contributed by atoms with Gasteiger partial charge in [-0.3, -0.25) is 0 Å². The Kier molecular flexibility index (Phi) is 4.13. The van der Waals surface area contributed by atoms with Gasteiger partial charge in [0.2, 0.25) is 0 Å². The summed E-state index contributed by atoms with van der Waals surface area (Å²) in [4.78, 5) is 0. The molecule has 4 heteroatoms. The fourth-order valence-corrected chi connectivity index (χ4v) is 2.70. The SMILES string of the molecule is CC(C)c1ccc(-c2nnc(CCCl)s2)cc1. The zero-order valence-corrected chi connectivity index (χ0v) is 11.6. The maximum atomic E-state index is 5.69. The maximum Gasteiger partial charge on any atom is 0.147 e. The maximum absolute atomic E-state index is 5.69. The first-order chi connectivity index (χ1) is 8.20. The molecule has 0 N–H and O–H groups in total. The van der Waals surface area contributed by atoms with Gasteiger partial charge in [0.05, 0.1) is 0 Å². The molecule has 0 saturated carbocycles. The Morgan fingerprint density at radius 1 is 1.18 bits per heavy atom. The Labute approximate surface area is 111 Å². The fraction of sp³-hybridized carbons (Fsp3) is 0.385. The average molecular weight is 267 g/mol. The van der Waals surface area contributed by atoms with Gasteiger partial charge in [0.1, 0.15) is 10.0 Å². The molecule has 2 aromatic rings. The summed E-state index contributed by atoms with van der Waals surface area (Å²) in [5, 5.41) is 10.3. The van der Waals surface area contributed by atoms with Crippen LogP contribution in [0.1, 0.15) is 30.3 Å². The summed E-state index contributed by atoms with van der Waals surface area (Å²) in [5.41, 5.74) is 2.48. The molecule has 0 saturated heterocycles. The first-order valence-electron chi connectivity index (χ1n) is 5.69. The number of halogens is 1. The predicted octanol–water partition coefficient (Wildman–Crippen LogP) is 4.11. The monoisotopic (exact) mass is 266 g/mol. The van der Waals surface area contributed by atoms with E-state index in [2.05, 4.69) is 48.3 Å². The van der Waals surface area contributed by atoms with Gasteiger partial charge < -0.3 is 0 Å². The van der Waals surface area contributed by atoms with Gasteiger partial charge in [-0.1, -0.05) is 49.4 Å². The Balaban J connectivity index is 2.21. The first kappa shape index (κ1) is 12.5. The molecule has 1 heterocycles. The highest BCUT2D eigenvalue weighted by Gasteiger charge is 2.06. The van der Waals surface area contributed by atoms with Crippen LogP contribution in [0.25, 0.3) is 10.6 Å². The van der Waals surface area contributed by atoms with E-state index in [9.17, 15) is 0 Å². The average Bonchev–Trinajstić information content (AvgIpc) is 2.78. The Morgan fingerprint density at radius 3 is 2.47 bits per heavy atom. The van der Waals surface area contributed by atoms with Gasteiger partial charge in [-0.2, -0.15) is 0 Å². The highest BCUT2D eigenvalue weighted by molar-refractivity contribution is 7.14. The van der Waals surface area contributed by atoms with Gasteiger partial charge in [-0.15, -0.1) is 21.8 Å². The molecule has 2 rings (SSSR count). The molecule has 0 amide bonds. The second-order valence-electron chi connectivity index (χ2n) is 4.22. The lowest BCUT2D eigenvalue weighted by atomic mass is 10.0. The van der Waals surface area contributed by atoms with Crippen LogP contribution in [0.2, 0.25) is 0 Å². The zero-order valence-electron chi connectivity index (χ0n) is 9.98. The normalized spacial score (nSPS) is 11.1. The molecule has 1 aromatic carbocycles. The van der Waals surface area contributed by atoms with Crippen LogP contribution < -0.4 is 0 Å². The largest absolute Gasteiger partial charge is 0.147 e. The molecule has 0 fully saturated rings. The summed E-state index contributed by atoms with van der Waals surface area (Å²) in [6.07, 6.45) is 0.795. The van der Waals surface area contributed by atoms with Crippen molar-refractivity contribution in [3.63, 3.8) is 0 Å². The van der Waals surface area contributed by atoms with Gasteiger partial charge in [-0.05, 0) is 11.5 Å². The van der Waals surface area contributed by atoms with Gasteiger partial charge in [0.25, 0.3) is 0 Å². The van der Waals surface area contributed by atoms with Crippen LogP contribution in [0.5, 0.6) is 0 Å². The lowest BCUT2D eigenvalue weighted by Gasteiger charge is -2.04. The standard InChI is InChI=1S/C13H15ClN2S/c1-9(2)10-3-5-11(6-4-10)13-16-15-12(17-13)7-8-14/h3-6,9H,7-8H2,1-2H3. The molecule has 0 bridgehead atoms. The number of rotatable bonds is 4. The van der Waals surface area contributed by atoms with E-state index in [1.165, 1.54) is 5.56 Å². The molecule has 0 unspecified atom stereocenters. The molecular weight excluding hydrogens is 252 g/mol. The first-order valence-corrected chi connectivity index (χ1v) is 7.04. The van der Waals surface area contributed by atoms with E-state index >= 15 is 0 Å². The second-order valence-corrected chi connectivity index (χ2v) is 5.66. The van der Waals surface area contributed by atoms with Crippen LogP contribution >= 0.6 is 22.9 Å².